The van der Waals surface area contributed by atoms with Gasteiger partial charge >= 0.3 is 0 Å². The predicted octanol–water partition coefficient (Wildman–Crippen LogP) is 2.79. The smallest absolute Gasteiger partial charge is 0.273 e. The molecule has 25 heavy (non-hydrogen) atoms. The normalized spacial score (nSPS) is 15.4. The van der Waals surface area contributed by atoms with E-state index in [9.17, 15) is 4.79 Å². The SMILES string of the molecule is CCCNC(=O)c1coc(CN2CCN(c3ccccc3Cl)CC2)n1. The number of hydrogen-bond acceptors (Lipinski definition) is 5. The van der Waals surface area contributed by atoms with Crippen molar-refractivity contribution >= 4 is 23.2 Å². The van der Waals surface area contributed by atoms with Crippen LogP contribution in [0.4, 0.5) is 5.69 Å². The summed E-state index contributed by atoms with van der Waals surface area (Å²) in [5.74, 6) is 0.397. The number of halogens is 1. The Balaban J connectivity index is 1.52. The van der Waals surface area contributed by atoms with E-state index in [0.29, 0.717) is 24.7 Å². The van der Waals surface area contributed by atoms with E-state index in [1.165, 1.54) is 6.26 Å². The van der Waals surface area contributed by atoms with Gasteiger partial charge in [0.1, 0.15) is 6.26 Å². The second kappa shape index (κ2) is 8.36. The Morgan fingerprint density at radius 1 is 1.28 bits per heavy atom. The van der Waals surface area contributed by atoms with E-state index in [1.54, 1.807) is 0 Å². The molecule has 2 aromatic rings. The summed E-state index contributed by atoms with van der Waals surface area (Å²) in [5.41, 5.74) is 1.42. The second-order valence-electron chi connectivity index (χ2n) is 6.10. The number of aromatic nitrogens is 1. The number of benzene rings is 1. The van der Waals surface area contributed by atoms with Crippen LogP contribution >= 0.6 is 11.6 Å². The molecule has 6 nitrogen and oxygen atoms in total. The standard InChI is InChI=1S/C18H23ClN4O2/c1-2-7-20-18(24)15-13-25-17(21-15)12-22-8-10-23(11-9-22)16-6-4-3-5-14(16)19/h3-6,13H,2,7-12H2,1H3,(H,20,24). The number of piperazine rings is 1. The van der Waals surface area contributed by atoms with E-state index in [1.807, 2.05) is 31.2 Å². The lowest BCUT2D eigenvalue weighted by molar-refractivity contribution is 0.0948. The monoisotopic (exact) mass is 362 g/mol. The molecule has 3 rings (SSSR count). The molecule has 0 saturated carbocycles. The van der Waals surface area contributed by atoms with E-state index in [2.05, 4.69) is 20.1 Å². The molecule has 0 unspecified atom stereocenters. The highest BCUT2D eigenvalue weighted by Gasteiger charge is 2.21. The lowest BCUT2D eigenvalue weighted by atomic mass is 10.2. The molecule has 1 fully saturated rings. The molecule has 7 heteroatoms. The first kappa shape index (κ1) is 17.8. The van der Waals surface area contributed by atoms with Crippen LogP contribution in [0.25, 0.3) is 0 Å². The van der Waals surface area contributed by atoms with Gasteiger partial charge in [-0.25, -0.2) is 4.98 Å². The zero-order chi connectivity index (χ0) is 17.6. The van der Waals surface area contributed by atoms with Gasteiger partial charge in [0.25, 0.3) is 5.91 Å². The largest absolute Gasteiger partial charge is 0.447 e. The Morgan fingerprint density at radius 3 is 2.76 bits per heavy atom. The number of carbonyl (C=O) groups is 1. The summed E-state index contributed by atoms with van der Waals surface area (Å²) in [6, 6.07) is 7.92. The van der Waals surface area contributed by atoms with E-state index < -0.39 is 0 Å². The number of oxazole rings is 1. The molecule has 0 aliphatic carbocycles. The molecule has 1 N–H and O–H groups in total. The van der Waals surface area contributed by atoms with Gasteiger partial charge in [-0.3, -0.25) is 9.69 Å². The van der Waals surface area contributed by atoms with Crippen LogP contribution in [0, 0.1) is 0 Å². The summed E-state index contributed by atoms with van der Waals surface area (Å²) in [4.78, 5) is 20.7. The Kier molecular flexibility index (Phi) is 5.94. The first-order valence-corrected chi connectivity index (χ1v) is 8.99. The van der Waals surface area contributed by atoms with Crippen molar-refractivity contribution in [1.82, 2.24) is 15.2 Å². The minimum Gasteiger partial charge on any atom is -0.447 e. The van der Waals surface area contributed by atoms with Crippen LogP contribution in [0.5, 0.6) is 0 Å². The molecule has 0 atom stereocenters. The third-order valence-electron chi connectivity index (χ3n) is 4.24. The Hall–Kier alpha value is -2.05. The minimum atomic E-state index is -0.180. The van der Waals surface area contributed by atoms with E-state index in [-0.39, 0.29) is 5.91 Å². The highest BCUT2D eigenvalue weighted by atomic mass is 35.5. The summed E-state index contributed by atoms with van der Waals surface area (Å²) >= 11 is 6.27. The van der Waals surface area contributed by atoms with E-state index >= 15 is 0 Å². The molecule has 0 radical (unpaired) electrons. The molecule has 1 aliphatic rings. The van der Waals surface area contributed by atoms with Crippen molar-refractivity contribution in [3.05, 3.63) is 47.1 Å². The van der Waals surface area contributed by atoms with Gasteiger partial charge in [-0.15, -0.1) is 0 Å². The maximum atomic E-state index is 11.9. The van der Waals surface area contributed by atoms with Crippen LogP contribution in [-0.4, -0.2) is 48.5 Å². The quantitative estimate of drug-likeness (QED) is 0.856. The predicted molar refractivity (Wildman–Crippen MR) is 98.1 cm³/mol. The third kappa shape index (κ3) is 4.52. The number of rotatable bonds is 6. The highest BCUT2D eigenvalue weighted by molar-refractivity contribution is 6.33. The molecule has 2 heterocycles. The molecule has 1 amide bonds. The summed E-state index contributed by atoms with van der Waals surface area (Å²) in [6.45, 7) is 6.84. The van der Waals surface area contributed by atoms with Gasteiger partial charge < -0.3 is 14.6 Å². The summed E-state index contributed by atoms with van der Waals surface area (Å²) in [5, 5.41) is 3.58. The zero-order valence-corrected chi connectivity index (χ0v) is 15.1. The van der Waals surface area contributed by atoms with Gasteiger partial charge in [-0.05, 0) is 18.6 Å². The topological polar surface area (TPSA) is 61.6 Å². The molecule has 1 aromatic carbocycles. The van der Waals surface area contributed by atoms with Crippen LogP contribution in [0.1, 0.15) is 29.7 Å². The van der Waals surface area contributed by atoms with Crippen LogP contribution in [0.3, 0.4) is 0 Å². The summed E-state index contributed by atoms with van der Waals surface area (Å²) in [7, 11) is 0. The van der Waals surface area contributed by atoms with E-state index in [0.717, 1.165) is 43.3 Å². The first-order chi connectivity index (χ1) is 12.2. The second-order valence-corrected chi connectivity index (χ2v) is 6.50. The zero-order valence-electron chi connectivity index (χ0n) is 14.4. The number of amides is 1. The van der Waals surface area contributed by atoms with Crippen molar-refractivity contribution in [1.29, 1.82) is 0 Å². The third-order valence-corrected chi connectivity index (χ3v) is 4.56. The molecular weight excluding hydrogens is 340 g/mol. The molecule has 0 spiro atoms. The lowest BCUT2D eigenvalue weighted by Crippen LogP contribution is -2.46. The first-order valence-electron chi connectivity index (χ1n) is 8.62. The van der Waals surface area contributed by atoms with Gasteiger partial charge in [0.15, 0.2) is 5.69 Å². The average Bonchev–Trinajstić information content (AvgIpc) is 3.09. The van der Waals surface area contributed by atoms with Crippen LogP contribution in [-0.2, 0) is 6.54 Å². The van der Waals surface area contributed by atoms with Crippen LogP contribution in [0.2, 0.25) is 5.02 Å². The van der Waals surface area contributed by atoms with Crippen molar-refractivity contribution in [2.75, 3.05) is 37.6 Å². The van der Waals surface area contributed by atoms with Crippen LogP contribution < -0.4 is 10.2 Å². The molecule has 1 aliphatic heterocycles. The molecule has 1 saturated heterocycles. The Labute approximate surface area is 152 Å². The Bertz CT molecular complexity index is 711. The fraction of sp³-hybridized carbons (Fsp3) is 0.444. The van der Waals surface area contributed by atoms with Gasteiger partial charge in [0.05, 0.1) is 17.3 Å². The Morgan fingerprint density at radius 2 is 2.04 bits per heavy atom. The number of carbonyl (C=O) groups excluding carboxylic acids is 1. The van der Waals surface area contributed by atoms with Gasteiger partial charge in [0, 0.05) is 32.7 Å². The number of hydrogen-bond donors (Lipinski definition) is 1. The van der Waals surface area contributed by atoms with Crippen molar-refractivity contribution in [3.63, 3.8) is 0 Å². The fourth-order valence-electron chi connectivity index (χ4n) is 2.86. The fourth-order valence-corrected chi connectivity index (χ4v) is 3.12. The maximum Gasteiger partial charge on any atom is 0.273 e. The maximum absolute atomic E-state index is 11.9. The molecule has 0 bridgehead atoms. The van der Waals surface area contributed by atoms with Gasteiger partial charge in [-0.2, -0.15) is 0 Å². The number of anilines is 1. The number of nitrogens with one attached hydrogen (secondary N) is 1. The number of para-hydroxylation sites is 1. The van der Waals surface area contributed by atoms with Crippen molar-refractivity contribution in [3.8, 4) is 0 Å². The molecule has 134 valence electrons. The average molecular weight is 363 g/mol. The molecular formula is C18H23ClN4O2. The van der Waals surface area contributed by atoms with Crippen molar-refractivity contribution < 1.29 is 9.21 Å². The van der Waals surface area contributed by atoms with Crippen molar-refractivity contribution in [2.45, 2.75) is 19.9 Å². The highest BCUT2D eigenvalue weighted by Crippen LogP contribution is 2.26. The van der Waals surface area contributed by atoms with E-state index in [4.69, 9.17) is 16.0 Å². The van der Waals surface area contributed by atoms with Crippen molar-refractivity contribution in [2.24, 2.45) is 0 Å². The minimum absolute atomic E-state index is 0.180. The summed E-state index contributed by atoms with van der Waals surface area (Å²) < 4.78 is 5.45. The molecule has 1 aromatic heterocycles. The van der Waals surface area contributed by atoms with Crippen LogP contribution in [0.15, 0.2) is 34.9 Å². The number of nitrogens with zero attached hydrogens (tertiary/aromatic N) is 3. The van der Waals surface area contributed by atoms with Gasteiger partial charge in [0.2, 0.25) is 5.89 Å². The lowest BCUT2D eigenvalue weighted by Gasteiger charge is -2.35. The summed E-state index contributed by atoms with van der Waals surface area (Å²) in [6.07, 6.45) is 2.33. The van der Waals surface area contributed by atoms with Gasteiger partial charge in [-0.1, -0.05) is 30.7 Å².